The van der Waals surface area contributed by atoms with Crippen molar-refractivity contribution in [3.05, 3.63) is 64.2 Å². The van der Waals surface area contributed by atoms with Crippen LogP contribution in [0.1, 0.15) is 39.0 Å². The second-order valence-corrected chi connectivity index (χ2v) is 27.9. The van der Waals surface area contributed by atoms with Gasteiger partial charge in [0, 0.05) is 47.0 Å². The van der Waals surface area contributed by atoms with Crippen LogP contribution in [0, 0.1) is 11.8 Å². The Morgan fingerprint density at radius 3 is 2.08 bits per heavy atom. The average Bonchev–Trinajstić information content (AvgIpc) is 3.75. The van der Waals surface area contributed by atoms with Gasteiger partial charge < -0.3 is 29.7 Å². The van der Waals surface area contributed by atoms with Gasteiger partial charge in [-0.2, -0.15) is 0 Å². The summed E-state index contributed by atoms with van der Waals surface area (Å²) in [6, 6.07) is 11.3. The lowest BCUT2D eigenvalue weighted by Crippen LogP contribution is -2.54. The van der Waals surface area contributed by atoms with E-state index in [2.05, 4.69) is 61.8 Å². The first kappa shape index (κ1) is 38.2. The van der Waals surface area contributed by atoms with Gasteiger partial charge in [-0.3, -0.25) is 14.4 Å². The van der Waals surface area contributed by atoms with Gasteiger partial charge in [0.2, 0.25) is 5.54 Å². The number of ether oxygens (including phenoxy) is 3. The number of amides is 7. The zero-order chi connectivity index (χ0) is 38.3. The summed E-state index contributed by atoms with van der Waals surface area (Å²) >= 11 is 0. The molecule has 282 valence electrons. The van der Waals surface area contributed by atoms with Crippen LogP contribution in [0.4, 0.5) is 9.59 Å². The van der Waals surface area contributed by atoms with E-state index in [4.69, 9.17) is 14.2 Å². The normalized spacial score (nSPS) is 22.3. The lowest BCUT2D eigenvalue weighted by molar-refractivity contribution is -0.135. The smallest absolute Gasteiger partial charge is 0.327 e. The summed E-state index contributed by atoms with van der Waals surface area (Å²) in [5, 5.41) is 5.72. The highest BCUT2D eigenvalue weighted by Gasteiger charge is 2.56. The van der Waals surface area contributed by atoms with Gasteiger partial charge in [0.15, 0.2) is 0 Å². The molecule has 13 nitrogen and oxygen atoms in total. The van der Waals surface area contributed by atoms with Crippen molar-refractivity contribution in [2.75, 3.05) is 40.3 Å². The van der Waals surface area contributed by atoms with E-state index in [0.29, 0.717) is 48.5 Å². The van der Waals surface area contributed by atoms with Crippen LogP contribution in [0.2, 0.25) is 51.4 Å². The molecule has 0 aromatic heterocycles. The number of methoxy groups -OCH3 is 1. The third-order valence-corrected chi connectivity index (χ3v) is 13.6. The SMILES string of the molecule is COc1ccc2c(c1)C(=O)N(C[C@@]1(C#Cc3ccc4c(c3)CC[C@]43NC(=O)N(COCC[Si](C)(C)C)C3=O)NC(=O)N(COCC[Si](C)(C)C)C1=O)C2. The number of fused-ring (bicyclic) bond motifs is 3. The van der Waals surface area contributed by atoms with E-state index in [1.807, 2.05) is 12.1 Å². The second-order valence-electron chi connectivity index (χ2n) is 16.6. The van der Waals surface area contributed by atoms with Gasteiger partial charge in [-0.1, -0.05) is 63.3 Å². The van der Waals surface area contributed by atoms with Crippen LogP contribution in [0.3, 0.4) is 0 Å². The van der Waals surface area contributed by atoms with Crippen molar-refractivity contribution in [2.24, 2.45) is 0 Å². The Balaban J connectivity index is 1.24. The van der Waals surface area contributed by atoms with Crippen molar-refractivity contribution in [1.82, 2.24) is 25.3 Å². The summed E-state index contributed by atoms with van der Waals surface area (Å²) in [6.07, 6.45) is 0.914. The Bertz CT molecular complexity index is 1910. The number of aryl methyl sites for hydroxylation is 1. The quantitative estimate of drug-likeness (QED) is 0.133. The maximum atomic E-state index is 14.1. The highest BCUT2D eigenvalue weighted by Crippen LogP contribution is 2.42. The molecule has 0 radical (unpaired) electrons. The van der Waals surface area contributed by atoms with Crippen molar-refractivity contribution in [2.45, 2.75) is 81.8 Å². The molecular formula is C38H49N5O8Si2. The lowest BCUT2D eigenvalue weighted by Gasteiger charge is -2.27. The van der Waals surface area contributed by atoms with Crippen molar-refractivity contribution in [1.29, 1.82) is 0 Å². The molecule has 6 rings (SSSR count). The molecule has 15 heteroatoms. The molecule has 0 saturated carbocycles. The molecule has 2 saturated heterocycles. The van der Waals surface area contributed by atoms with Gasteiger partial charge in [0.25, 0.3) is 17.7 Å². The molecule has 7 amide bonds. The van der Waals surface area contributed by atoms with E-state index in [0.717, 1.165) is 33.0 Å². The number of hydrogen-bond acceptors (Lipinski definition) is 8. The third-order valence-electron chi connectivity index (χ3n) is 10.2. The molecule has 0 bridgehead atoms. The summed E-state index contributed by atoms with van der Waals surface area (Å²) in [4.78, 5) is 71.3. The second kappa shape index (κ2) is 14.4. The fraction of sp³-hybridized carbons (Fsp3) is 0.500. The van der Waals surface area contributed by atoms with Gasteiger partial charge >= 0.3 is 12.1 Å². The fourth-order valence-electron chi connectivity index (χ4n) is 6.95. The van der Waals surface area contributed by atoms with Crippen molar-refractivity contribution < 1.29 is 38.2 Å². The molecule has 3 heterocycles. The number of rotatable bonds is 13. The Morgan fingerprint density at radius 1 is 0.792 bits per heavy atom. The van der Waals surface area contributed by atoms with E-state index in [1.165, 1.54) is 12.0 Å². The number of hydrogen-bond donors (Lipinski definition) is 2. The van der Waals surface area contributed by atoms with Crippen LogP contribution in [-0.2, 0) is 37.6 Å². The van der Waals surface area contributed by atoms with Gasteiger partial charge in [0.05, 0.1) is 13.7 Å². The van der Waals surface area contributed by atoms with E-state index in [9.17, 15) is 24.0 Å². The van der Waals surface area contributed by atoms with Crippen LogP contribution >= 0.6 is 0 Å². The maximum Gasteiger partial charge on any atom is 0.327 e. The largest absolute Gasteiger partial charge is 0.497 e. The monoisotopic (exact) mass is 759 g/mol. The Labute approximate surface area is 312 Å². The van der Waals surface area contributed by atoms with Crippen LogP contribution < -0.4 is 15.4 Å². The van der Waals surface area contributed by atoms with Crippen LogP contribution in [0.25, 0.3) is 0 Å². The van der Waals surface area contributed by atoms with Crippen LogP contribution in [0.15, 0.2) is 36.4 Å². The molecule has 2 N–H and O–H groups in total. The molecule has 3 aliphatic heterocycles. The minimum absolute atomic E-state index is 0.101. The molecule has 1 spiro atoms. The Kier molecular flexibility index (Phi) is 10.4. The predicted molar refractivity (Wildman–Crippen MR) is 202 cm³/mol. The molecule has 2 aromatic carbocycles. The van der Waals surface area contributed by atoms with Gasteiger partial charge in [-0.05, 0) is 65.9 Å². The number of benzene rings is 2. The predicted octanol–water partition coefficient (Wildman–Crippen LogP) is 4.31. The highest BCUT2D eigenvalue weighted by molar-refractivity contribution is 6.76. The van der Waals surface area contributed by atoms with Crippen molar-refractivity contribution in [3.63, 3.8) is 0 Å². The van der Waals surface area contributed by atoms with Gasteiger partial charge in [-0.15, -0.1) is 0 Å². The van der Waals surface area contributed by atoms with Crippen LogP contribution in [0.5, 0.6) is 5.75 Å². The first-order chi connectivity index (χ1) is 24.9. The highest BCUT2D eigenvalue weighted by atomic mass is 28.3. The summed E-state index contributed by atoms with van der Waals surface area (Å²) < 4.78 is 16.8. The van der Waals surface area contributed by atoms with E-state index in [1.54, 1.807) is 24.3 Å². The van der Waals surface area contributed by atoms with E-state index < -0.39 is 45.2 Å². The number of carbonyl (C=O) groups excluding carboxylic acids is 5. The maximum absolute atomic E-state index is 14.1. The molecule has 2 atom stereocenters. The first-order valence-electron chi connectivity index (χ1n) is 18.0. The third kappa shape index (κ3) is 7.77. The average molecular weight is 760 g/mol. The molecule has 4 aliphatic rings. The standard InChI is InChI=1S/C38H49N5O8Si2/c1-49-29-10-9-28-22-41(32(44)30(28)21-29)23-37(33(45)42(35(47)39-37)24-50-16-18-52(2,3)4)14-12-26-8-11-31-27(20-26)13-15-38(31)34(46)43(36(48)40-38)25-51-17-19-53(5,6)7/h8-11,20-21H,13,15-19,22-25H2,1-7H3,(H,39,47)(H,40,48)/t37-,38+/m1/s1. The number of nitrogens with one attached hydrogen (secondary N) is 2. The van der Waals surface area contributed by atoms with Crippen molar-refractivity contribution in [3.8, 4) is 17.6 Å². The number of carbonyl (C=O) groups is 5. The van der Waals surface area contributed by atoms with Gasteiger partial charge in [-0.25, -0.2) is 19.4 Å². The van der Waals surface area contributed by atoms with E-state index in [-0.39, 0.29) is 38.4 Å². The molecule has 0 unspecified atom stereocenters. The first-order valence-corrected chi connectivity index (χ1v) is 25.4. The molecule has 53 heavy (non-hydrogen) atoms. The number of nitrogens with zero attached hydrogens (tertiary/aromatic N) is 3. The fourth-order valence-corrected chi connectivity index (χ4v) is 8.46. The minimum Gasteiger partial charge on any atom is -0.497 e. The lowest BCUT2D eigenvalue weighted by atomic mass is 9.91. The van der Waals surface area contributed by atoms with Crippen LogP contribution in [-0.4, -0.2) is 107 Å². The van der Waals surface area contributed by atoms with Gasteiger partial charge in [0.1, 0.15) is 24.8 Å². The van der Waals surface area contributed by atoms with E-state index >= 15 is 0 Å². The van der Waals surface area contributed by atoms with Crippen molar-refractivity contribution >= 4 is 45.9 Å². The Hall–Kier alpha value is -4.50. The molecule has 2 fully saturated rings. The summed E-state index contributed by atoms with van der Waals surface area (Å²) in [6.45, 7) is 14.0. The number of urea groups is 2. The zero-order valence-electron chi connectivity index (χ0n) is 31.6. The molecule has 2 aromatic rings. The summed E-state index contributed by atoms with van der Waals surface area (Å²) in [5.74, 6) is 5.44. The Morgan fingerprint density at radius 2 is 1.43 bits per heavy atom. The summed E-state index contributed by atoms with van der Waals surface area (Å²) in [5.41, 5.74) is 0.417. The molecule has 1 aliphatic carbocycles. The zero-order valence-corrected chi connectivity index (χ0v) is 33.6. The summed E-state index contributed by atoms with van der Waals surface area (Å²) in [7, 11) is -1.22. The topological polar surface area (TPSA) is 147 Å². The minimum atomic E-state index is -1.74. The number of imide groups is 2. The molecular weight excluding hydrogens is 711 g/mol.